The van der Waals surface area contributed by atoms with Crippen LogP contribution in [0.1, 0.15) is 61.0 Å². The maximum atomic E-state index is 13.8. The van der Waals surface area contributed by atoms with E-state index in [0.29, 0.717) is 76.3 Å². The third-order valence-corrected chi connectivity index (χ3v) is 9.10. The molecular weight excluding hydrogens is 813 g/mol. The lowest BCUT2D eigenvalue weighted by Gasteiger charge is -2.32. The molecule has 2 aliphatic heterocycles. The number of aromatic nitrogens is 1. The Hall–Kier alpha value is -5.97. The summed E-state index contributed by atoms with van der Waals surface area (Å²) in [4.78, 5) is 67.5. The Balaban J connectivity index is 0.000000593. The molecule has 0 fully saturated rings. The molecule has 4 amide bonds. The minimum atomic E-state index is -3.67. The second kappa shape index (κ2) is 17.5. The molecule has 0 unspecified atom stereocenters. The summed E-state index contributed by atoms with van der Waals surface area (Å²) in [5.74, 6) is -1.23. The highest BCUT2D eigenvalue weighted by Crippen LogP contribution is 2.36. The zero-order valence-corrected chi connectivity index (χ0v) is 34.0. The first-order valence-electron chi connectivity index (χ1n) is 17.8. The van der Waals surface area contributed by atoms with Gasteiger partial charge in [0, 0.05) is 89.5 Å². The number of non-ortho nitro benzene ring substituents is 1. The van der Waals surface area contributed by atoms with Crippen molar-refractivity contribution in [1.82, 2.24) is 25.6 Å². The summed E-state index contributed by atoms with van der Waals surface area (Å²) in [7, 11) is -7.33. The van der Waals surface area contributed by atoms with Crippen LogP contribution in [0.15, 0.2) is 71.3 Å². The minimum absolute atomic E-state index is 0.131. The van der Waals surface area contributed by atoms with Crippen LogP contribution in [0.2, 0.25) is 0 Å². The molecule has 2 aliphatic rings. The lowest BCUT2D eigenvalue weighted by atomic mass is 9.91. The molecule has 2 atom stereocenters. The quantitative estimate of drug-likeness (QED) is 0.0484. The predicted octanol–water partition coefficient (Wildman–Crippen LogP) is 3.72. The van der Waals surface area contributed by atoms with E-state index >= 15 is 0 Å². The molecule has 4 N–H and O–H groups in total. The van der Waals surface area contributed by atoms with Crippen LogP contribution in [0.5, 0.6) is 0 Å². The minimum Gasteiger partial charge on any atom is -0.356 e. The molecule has 312 valence electrons. The molecule has 59 heavy (non-hydrogen) atoms. The summed E-state index contributed by atoms with van der Waals surface area (Å²) >= 11 is 0. The Morgan fingerprint density at radius 3 is 1.56 bits per heavy atom. The summed E-state index contributed by atoms with van der Waals surface area (Å²) in [5, 5.41) is 24.3. The fourth-order valence-electron chi connectivity index (χ4n) is 6.77. The number of nitro benzene ring substituents is 1. The van der Waals surface area contributed by atoms with Crippen LogP contribution in [-0.2, 0) is 20.2 Å². The number of amides is 4. The second-order valence-corrected chi connectivity index (χ2v) is 16.9. The highest BCUT2D eigenvalue weighted by molar-refractivity contribution is 7.85. The standard InChI is InChI=1S/C36H32N6O7.2CH4O3S/c1-19-12-30(49-39-19)24-13-22-6-4-8-26-31(22)28(15-24)35(45)40(33(26)43)20(2)17-37-10-11-38-18-21(3)41-34(44)27-9-5-7-23-14-25(42(47)48)16-29(32(23)27)36(41)46;2*1-5(2,3)4/h4-9,12-16,20-21,37-38H,10-11,17-18H2,1-3H3;2*1H3,(H,2,3,4)/t20-,21-;;/m1../s1. The highest BCUT2D eigenvalue weighted by Gasteiger charge is 2.38. The van der Waals surface area contributed by atoms with Crippen molar-refractivity contribution in [3.8, 4) is 11.3 Å². The van der Waals surface area contributed by atoms with E-state index in [0.717, 1.165) is 16.0 Å². The number of carbonyl (C=O) groups is 4. The van der Waals surface area contributed by atoms with Gasteiger partial charge in [-0.1, -0.05) is 29.4 Å². The first-order chi connectivity index (χ1) is 27.5. The number of hydrogen-bond acceptors (Lipinski definition) is 14. The molecule has 0 saturated carbocycles. The molecule has 19 nitrogen and oxygen atoms in total. The second-order valence-electron chi connectivity index (χ2n) is 13.9. The van der Waals surface area contributed by atoms with Crippen LogP contribution < -0.4 is 10.6 Å². The van der Waals surface area contributed by atoms with Gasteiger partial charge in [-0.15, -0.1) is 0 Å². The van der Waals surface area contributed by atoms with Gasteiger partial charge >= 0.3 is 0 Å². The van der Waals surface area contributed by atoms with Gasteiger partial charge in [0.15, 0.2) is 5.76 Å². The SMILES string of the molecule is CS(=O)(=O)O.CS(=O)(=O)O.Cc1cc(-c2cc3c4c(cccc4c2)C(=O)N([C@H](C)CNCCNC[C@@H](C)N2C(=O)c4cccc5cc([N+](=O)[O-])cc(c45)C2=O)C3=O)on1. The van der Waals surface area contributed by atoms with Crippen molar-refractivity contribution < 1.29 is 54.6 Å². The van der Waals surface area contributed by atoms with Gasteiger partial charge in [-0.05, 0) is 55.8 Å². The van der Waals surface area contributed by atoms with E-state index < -0.39 is 49.1 Å². The van der Waals surface area contributed by atoms with Crippen LogP contribution >= 0.6 is 0 Å². The summed E-state index contributed by atoms with van der Waals surface area (Å²) in [5.41, 5.74) is 2.55. The topological polar surface area (TPSA) is 277 Å². The number of rotatable bonds is 11. The average Bonchev–Trinajstić information content (AvgIpc) is 3.58. The van der Waals surface area contributed by atoms with E-state index in [9.17, 15) is 46.1 Å². The first kappa shape index (κ1) is 44.1. The van der Waals surface area contributed by atoms with Gasteiger partial charge in [0.25, 0.3) is 49.6 Å². The van der Waals surface area contributed by atoms with Gasteiger partial charge in [0.1, 0.15) is 0 Å². The number of benzene rings is 4. The lowest BCUT2D eigenvalue weighted by Crippen LogP contribution is -2.51. The first-order valence-corrected chi connectivity index (χ1v) is 21.5. The van der Waals surface area contributed by atoms with Crippen molar-refractivity contribution in [3.63, 3.8) is 0 Å². The van der Waals surface area contributed by atoms with Crippen molar-refractivity contribution in [2.75, 3.05) is 38.7 Å². The number of nitrogens with one attached hydrogen (secondary N) is 2. The smallest absolute Gasteiger partial charge is 0.270 e. The van der Waals surface area contributed by atoms with E-state index in [1.165, 1.54) is 17.0 Å². The Morgan fingerprint density at radius 2 is 1.14 bits per heavy atom. The number of aryl methyl sites for hydroxylation is 1. The zero-order chi connectivity index (χ0) is 43.6. The number of nitro groups is 1. The molecular formula is C38H40N6O13S2. The highest BCUT2D eigenvalue weighted by atomic mass is 32.2. The largest absolute Gasteiger partial charge is 0.356 e. The number of imide groups is 2. The van der Waals surface area contributed by atoms with Crippen molar-refractivity contribution in [2.45, 2.75) is 32.9 Å². The molecule has 0 saturated heterocycles. The third kappa shape index (κ3) is 10.4. The van der Waals surface area contributed by atoms with Gasteiger partial charge in [-0.2, -0.15) is 16.8 Å². The molecule has 0 radical (unpaired) electrons. The van der Waals surface area contributed by atoms with Crippen LogP contribution in [0.3, 0.4) is 0 Å². The third-order valence-electron chi connectivity index (χ3n) is 9.10. The molecule has 21 heteroatoms. The van der Waals surface area contributed by atoms with Gasteiger partial charge < -0.3 is 15.2 Å². The van der Waals surface area contributed by atoms with Crippen LogP contribution in [0.25, 0.3) is 32.9 Å². The summed E-state index contributed by atoms with van der Waals surface area (Å²) < 4.78 is 57.2. The fourth-order valence-corrected chi connectivity index (χ4v) is 6.77. The van der Waals surface area contributed by atoms with Crippen LogP contribution in [-0.4, -0.2) is 120 Å². The van der Waals surface area contributed by atoms with Crippen molar-refractivity contribution >= 4 is 71.1 Å². The fraction of sp³-hybridized carbons (Fsp3) is 0.289. The molecule has 7 rings (SSSR count). The van der Waals surface area contributed by atoms with Crippen molar-refractivity contribution in [1.29, 1.82) is 0 Å². The summed E-state index contributed by atoms with van der Waals surface area (Å²) in [6, 6.07) is 17.3. The molecule has 3 heterocycles. The van der Waals surface area contributed by atoms with Gasteiger partial charge in [0.2, 0.25) is 0 Å². The van der Waals surface area contributed by atoms with E-state index in [1.807, 2.05) is 26.0 Å². The van der Waals surface area contributed by atoms with E-state index in [-0.39, 0.29) is 29.6 Å². The van der Waals surface area contributed by atoms with E-state index in [2.05, 4.69) is 15.8 Å². The Kier molecular flexibility index (Phi) is 13.1. The Labute approximate surface area is 338 Å². The van der Waals surface area contributed by atoms with Crippen molar-refractivity contribution in [3.05, 3.63) is 105 Å². The Morgan fingerprint density at radius 1 is 0.712 bits per heavy atom. The van der Waals surface area contributed by atoms with E-state index in [1.54, 1.807) is 49.4 Å². The van der Waals surface area contributed by atoms with Crippen molar-refractivity contribution in [2.24, 2.45) is 0 Å². The van der Waals surface area contributed by atoms with E-state index in [4.69, 9.17) is 13.6 Å². The number of hydrogen-bond donors (Lipinski definition) is 4. The normalized spacial score (nSPS) is 14.8. The lowest BCUT2D eigenvalue weighted by molar-refractivity contribution is -0.384. The van der Waals surface area contributed by atoms with Crippen LogP contribution in [0, 0.1) is 17.0 Å². The van der Waals surface area contributed by atoms with Gasteiger partial charge in [-0.25, -0.2) is 0 Å². The van der Waals surface area contributed by atoms with Gasteiger partial charge in [0.05, 0.1) is 28.7 Å². The van der Waals surface area contributed by atoms with Crippen LogP contribution in [0.4, 0.5) is 5.69 Å². The molecule has 4 aromatic carbocycles. The molecule has 5 aromatic rings. The number of carbonyl (C=O) groups excluding carboxylic acids is 4. The number of nitrogens with zero attached hydrogens (tertiary/aromatic N) is 4. The monoisotopic (exact) mass is 852 g/mol. The molecule has 1 aromatic heterocycles. The predicted molar refractivity (Wildman–Crippen MR) is 215 cm³/mol. The maximum Gasteiger partial charge on any atom is 0.270 e. The Bertz CT molecular complexity index is 2690. The average molecular weight is 853 g/mol. The zero-order valence-electron chi connectivity index (χ0n) is 32.3. The molecule has 0 aliphatic carbocycles. The molecule has 0 spiro atoms. The molecule has 0 bridgehead atoms. The maximum absolute atomic E-state index is 13.8. The summed E-state index contributed by atoms with van der Waals surface area (Å²) in [6.07, 6.45) is 1.43. The van der Waals surface area contributed by atoms with Gasteiger partial charge in [-0.3, -0.25) is 48.2 Å². The summed E-state index contributed by atoms with van der Waals surface area (Å²) in [6.45, 7) is 6.93.